The molecule has 0 bridgehead atoms. The highest BCUT2D eigenvalue weighted by Gasteiger charge is 2.35. The van der Waals surface area contributed by atoms with Crippen LogP contribution in [0.25, 0.3) is 22.3 Å². The van der Waals surface area contributed by atoms with Gasteiger partial charge in [0, 0.05) is 12.5 Å². The van der Waals surface area contributed by atoms with Gasteiger partial charge < -0.3 is 29.7 Å². The Morgan fingerprint density at radius 3 is 2.17 bits per heavy atom. The third kappa shape index (κ3) is 5.90. The van der Waals surface area contributed by atoms with Gasteiger partial charge in [0.2, 0.25) is 5.91 Å². The summed E-state index contributed by atoms with van der Waals surface area (Å²) >= 11 is 0. The van der Waals surface area contributed by atoms with Gasteiger partial charge in [-0.3, -0.25) is 4.79 Å². The summed E-state index contributed by atoms with van der Waals surface area (Å²) in [5.41, 5.74) is 0.115. The Kier molecular flexibility index (Phi) is 8.08. The Morgan fingerprint density at radius 2 is 1.57 bits per heavy atom. The summed E-state index contributed by atoms with van der Waals surface area (Å²) in [5.74, 6) is -1.03. The van der Waals surface area contributed by atoms with E-state index < -0.39 is 29.1 Å². The molecule has 1 amide bonds. The van der Waals surface area contributed by atoms with E-state index in [1.807, 2.05) is 30.3 Å². The number of hydrogen-bond donors (Lipinski definition) is 3. The summed E-state index contributed by atoms with van der Waals surface area (Å²) in [7, 11) is 2.61. The van der Waals surface area contributed by atoms with Crippen molar-refractivity contribution in [3.05, 3.63) is 83.9 Å². The van der Waals surface area contributed by atoms with Crippen molar-refractivity contribution < 1.29 is 42.4 Å². The molecule has 0 saturated carbocycles. The van der Waals surface area contributed by atoms with Gasteiger partial charge in [0.05, 0.1) is 31.0 Å². The molecule has 208 valence electrons. The van der Waals surface area contributed by atoms with E-state index in [1.165, 1.54) is 38.5 Å². The number of nitrogens with one attached hydrogen (secondary N) is 1. The highest BCUT2D eigenvalue weighted by atomic mass is 19.4. The number of carbonyl (C=O) groups is 1. The van der Waals surface area contributed by atoms with Gasteiger partial charge in [-0.2, -0.15) is 13.2 Å². The topological polar surface area (TPSA) is 97.3 Å². The fourth-order valence-corrected chi connectivity index (χ4v) is 4.26. The second kappa shape index (κ2) is 11.5. The van der Waals surface area contributed by atoms with Crippen molar-refractivity contribution in [1.29, 1.82) is 0 Å². The number of amides is 1. The maximum absolute atomic E-state index is 13.8. The predicted octanol–water partition coefficient (Wildman–Crippen LogP) is 7.01. The van der Waals surface area contributed by atoms with Crippen molar-refractivity contribution in [1.82, 2.24) is 0 Å². The van der Waals surface area contributed by atoms with Gasteiger partial charge in [-0.25, -0.2) is 0 Å². The van der Waals surface area contributed by atoms with Crippen LogP contribution in [-0.4, -0.2) is 30.3 Å². The second-order valence-corrected chi connectivity index (χ2v) is 8.78. The van der Waals surface area contributed by atoms with Crippen LogP contribution in [0.5, 0.6) is 28.7 Å². The number of phenolic OH excluding ortho intramolecular Hbond substituents is 2. The quantitative estimate of drug-likeness (QED) is 0.217. The van der Waals surface area contributed by atoms with Crippen molar-refractivity contribution in [3.8, 4) is 51.0 Å². The lowest BCUT2D eigenvalue weighted by Crippen LogP contribution is -2.14. The molecule has 3 N–H and O–H groups in total. The third-order valence-corrected chi connectivity index (χ3v) is 6.07. The largest absolute Gasteiger partial charge is 0.504 e. The highest BCUT2D eigenvalue weighted by Crippen LogP contribution is 2.51. The van der Waals surface area contributed by atoms with Crippen molar-refractivity contribution in [2.75, 3.05) is 19.5 Å². The number of ether oxygens (including phenoxy) is 3. The molecule has 0 radical (unpaired) electrons. The molecule has 0 spiro atoms. The molecule has 10 heteroatoms. The Balaban J connectivity index is 1.77. The van der Waals surface area contributed by atoms with E-state index in [0.717, 1.165) is 24.6 Å². The number of halogens is 3. The zero-order valence-electron chi connectivity index (χ0n) is 21.8. The molecule has 0 aliphatic carbocycles. The Labute approximate surface area is 228 Å². The minimum absolute atomic E-state index is 0.0611. The van der Waals surface area contributed by atoms with Gasteiger partial charge in [0.25, 0.3) is 0 Å². The van der Waals surface area contributed by atoms with Crippen LogP contribution in [0.3, 0.4) is 0 Å². The number of methoxy groups -OCH3 is 2. The molecule has 4 rings (SSSR count). The first-order chi connectivity index (χ1) is 19.0. The van der Waals surface area contributed by atoms with Gasteiger partial charge in [-0.05, 0) is 47.0 Å². The molecule has 4 aromatic rings. The Bertz CT molecular complexity index is 1540. The number of rotatable bonds is 8. The molecule has 4 aromatic carbocycles. The van der Waals surface area contributed by atoms with Gasteiger partial charge in [-0.15, -0.1) is 0 Å². The van der Waals surface area contributed by atoms with Crippen molar-refractivity contribution in [2.24, 2.45) is 0 Å². The van der Waals surface area contributed by atoms with Crippen LogP contribution in [0.1, 0.15) is 18.1 Å². The lowest BCUT2D eigenvalue weighted by molar-refractivity contribution is -0.136. The first-order valence-corrected chi connectivity index (χ1v) is 12.0. The summed E-state index contributed by atoms with van der Waals surface area (Å²) < 4.78 is 58.1. The Morgan fingerprint density at radius 1 is 0.875 bits per heavy atom. The summed E-state index contributed by atoms with van der Waals surface area (Å²) in [6.45, 7) is 1.34. The van der Waals surface area contributed by atoms with Crippen LogP contribution in [-0.2, 0) is 17.6 Å². The molecule has 0 heterocycles. The van der Waals surface area contributed by atoms with Crippen molar-refractivity contribution in [2.45, 2.75) is 19.7 Å². The first kappa shape index (κ1) is 28.2. The molecule has 0 fully saturated rings. The second-order valence-electron chi connectivity index (χ2n) is 8.78. The summed E-state index contributed by atoms with van der Waals surface area (Å²) in [6, 6.07) is 18.7. The van der Waals surface area contributed by atoms with E-state index >= 15 is 0 Å². The minimum Gasteiger partial charge on any atom is -0.504 e. The van der Waals surface area contributed by atoms with Crippen LogP contribution in [0.15, 0.2) is 72.8 Å². The minimum atomic E-state index is -4.77. The number of carbonyl (C=O) groups excluding carboxylic acids is 1. The number of benzene rings is 4. The molecule has 0 saturated heterocycles. The first-order valence-electron chi connectivity index (χ1n) is 12.0. The molecule has 7 nitrogen and oxygen atoms in total. The smallest absolute Gasteiger partial charge is 0.418 e. The molecule has 40 heavy (non-hydrogen) atoms. The van der Waals surface area contributed by atoms with E-state index in [0.29, 0.717) is 5.56 Å². The van der Waals surface area contributed by atoms with Crippen molar-refractivity contribution in [3.63, 3.8) is 0 Å². The molecule has 0 atom stereocenters. The number of aromatic hydroxyl groups is 2. The number of anilines is 1. The zero-order valence-corrected chi connectivity index (χ0v) is 21.8. The van der Waals surface area contributed by atoms with E-state index in [1.54, 1.807) is 6.07 Å². The Hall–Kier alpha value is -4.86. The lowest BCUT2D eigenvalue weighted by atomic mass is 9.95. The van der Waals surface area contributed by atoms with Crippen LogP contribution in [0.4, 0.5) is 18.9 Å². The van der Waals surface area contributed by atoms with Crippen LogP contribution in [0, 0.1) is 0 Å². The van der Waals surface area contributed by atoms with Crippen LogP contribution >= 0.6 is 0 Å². The van der Waals surface area contributed by atoms with Gasteiger partial charge in [0.1, 0.15) is 12.4 Å². The molecular weight excluding hydrogens is 527 g/mol. The predicted molar refractivity (Wildman–Crippen MR) is 144 cm³/mol. The van der Waals surface area contributed by atoms with Crippen LogP contribution < -0.4 is 19.5 Å². The van der Waals surface area contributed by atoms with E-state index in [9.17, 15) is 28.2 Å². The monoisotopic (exact) mass is 553 g/mol. The average Bonchev–Trinajstić information content (AvgIpc) is 2.91. The zero-order chi connectivity index (χ0) is 29.0. The molecule has 0 aromatic heterocycles. The lowest BCUT2D eigenvalue weighted by Gasteiger charge is -2.20. The normalized spacial score (nSPS) is 11.2. The summed E-state index contributed by atoms with van der Waals surface area (Å²) in [5, 5.41) is 24.0. The van der Waals surface area contributed by atoms with E-state index in [2.05, 4.69) is 5.32 Å². The molecule has 0 aliphatic heterocycles. The SMILES string of the molecule is COc1cc(-c2ccc(NC(C)=O)c(C(F)(F)F)c2)c(OC)c(O)c1-c1ccc(OCc2ccccc2)c(O)c1. The number of phenols is 2. The van der Waals surface area contributed by atoms with Gasteiger partial charge >= 0.3 is 6.18 Å². The van der Waals surface area contributed by atoms with Gasteiger partial charge in [0.15, 0.2) is 23.0 Å². The highest BCUT2D eigenvalue weighted by molar-refractivity contribution is 5.92. The number of hydrogen-bond acceptors (Lipinski definition) is 6. The van der Waals surface area contributed by atoms with E-state index in [-0.39, 0.29) is 46.3 Å². The molecule has 0 unspecified atom stereocenters. The standard InChI is InChI=1S/C30H26F3NO6/c1-17(35)34-23-11-9-19(13-22(23)30(31,32)33)21-15-26(38-2)27(28(37)29(21)39-3)20-10-12-25(24(36)14-20)40-16-18-7-5-4-6-8-18/h4-15,36-37H,16H2,1-3H3,(H,34,35). The fourth-order valence-electron chi connectivity index (χ4n) is 4.26. The van der Waals surface area contributed by atoms with Crippen molar-refractivity contribution >= 4 is 11.6 Å². The summed E-state index contributed by atoms with van der Waals surface area (Å²) in [6.07, 6.45) is -4.77. The number of alkyl halides is 3. The molecule has 0 aliphatic rings. The maximum Gasteiger partial charge on any atom is 0.418 e. The van der Waals surface area contributed by atoms with Gasteiger partial charge in [-0.1, -0.05) is 42.5 Å². The van der Waals surface area contributed by atoms with Crippen LogP contribution in [0.2, 0.25) is 0 Å². The maximum atomic E-state index is 13.8. The molecular formula is C30H26F3NO6. The third-order valence-electron chi connectivity index (χ3n) is 6.07. The summed E-state index contributed by atoms with van der Waals surface area (Å²) in [4.78, 5) is 11.4. The average molecular weight is 554 g/mol. The fraction of sp³-hybridized carbons (Fsp3) is 0.167. The van der Waals surface area contributed by atoms with E-state index in [4.69, 9.17) is 14.2 Å².